The second-order valence-corrected chi connectivity index (χ2v) is 6.26. The molecule has 0 aliphatic carbocycles. The van der Waals surface area contributed by atoms with Gasteiger partial charge >= 0.3 is 0 Å². The predicted molar refractivity (Wildman–Crippen MR) is 74.1 cm³/mol. The van der Waals surface area contributed by atoms with Crippen molar-refractivity contribution in [3.8, 4) is 0 Å². The van der Waals surface area contributed by atoms with E-state index >= 15 is 0 Å². The van der Waals surface area contributed by atoms with Gasteiger partial charge in [-0.2, -0.15) is 0 Å². The van der Waals surface area contributed by atoms with Crippen LogP contribution in [0, 0.1) is 11.6 Å². The number of nitrogens with one attached hydrogen (secondary N) is 1. The number of benzene rings is 1. The Bertz CT molecular complexity index is 586. The summed E-state index contributed by atoms with van der Waals surface area (Å²) in [6, 6.07) is 2.91. The molecule has 0 saturated heterocycles. The van der Waals surface area contributed by atoms with Crippen LogP contribution >= 0.6 is 11.5 Å². The molecule has 1 heterocycles. The minimum Gasteiger partial charge on any atom is -0.271 e. The molecule has 3 N–H and O–H groups in total. The molecule has 7 heteroatoms. The Hall–Kier alpha value is -1.44. The lowest BCUT2D eigenvalue weighted by molar-refractivity contribution is 0.499. The van der Waals surface area contributed by atoms with Crippen LogP contribution in [0.5, 0.6) is 0 Å². The third kappa shape index (κ3) is 2.70. The number of aromatic nitrogens is 2. The summed E-state index contributed by atoms with van der Waals surface area (Å²) in [5, 5.41) is 4.07. The van der Waals surface area contributed by atoms with Gasteiger partial charge in [0.25, 0.3) is 0 Å². The number of rotatable bonds is 3. The molecular weight excluding hydrogens is 282 g/mol. The van der Waals surface area contributed by atoms with Gasteiger partial charge in [0.15, 0.2) is 0 Å². The van der Waals surface area contributed by atoms with Gasteiger partial charge in [0.1, 0.15) is 11.6 Å². The Labute approximate surface area is 120 Å². The average molecular weight is 298 g/mol. The first-order valence-corrected chi connectivity index (χ1v) is 6.86. The normalized spacial score (nSPS) is 13.5. The van der Waals surface area contributed by atoms with Crippen molar-refractivity contribution in [2.45, 2.75) is 32.2 Å². The van der Waals surface area contributed by atoms with Crippen molar-refractivity contribution in [1.82, 2.24) is 15.0 Å². The van der Waals surface area contributed by atoms with Gasteiger partial charge in [-0.05, 0) is 23.7 Å². The third-order valence-electron chi connectivity index (χ3n) is 2.94. The number of hydrazine groups is 1. The summed E-state index contributed by atoms with van der Waals surface area (Å²) in [7, 11) is 0. The molecule has 1 aromatic carbocycles. The third-order valence-corrected chi connectivity index (χ3v) is 3.73. The highest BCUT2D eigenvalue weighted by Crippen LogP contribution is 2.35. The summed E-state index contributed by atoms with van der Waals surface area (Å²) in [5.74, 6) is 4.21. The number of hydrogen-bond acceptors (Lipinski definition) is 5. The van der Waals surface area contributed by atoms with E-state index in [-0.39, 0.29) is 11.0 Å². The highest BCUT2D eigenvalue weighted by Gasteiger charge is 2.30. The van der Waals surface area contributed by atoms with Gasteiger partial charge in [0.05, 0.1) is 16.6 Å². The van der Waals surface area contributed by atoms with Crippen molar-refractivity contribution >= 4 is 11.5 Å². The molecule has 108 valence electrons. The first-order chi connectivity index (χ1) is 9.36. The number of hydrogen-bond donors (Lipinski definition) is 2. The Kier molecular flexibility index (Phi) is 4.12. The molecule has 0 amide bonds. The predicted octanol–water partition coefficient (Wildman–Crippen LogP) is 2.67. The highest BCUT2D eigenvalue weighted by molar-refractivity contribution is 7.05. The lowest BCUT2D eigenvalue weighted by Gasteiger charge is -2.22. The standard InChI is InChI=1S/C13H16F2N4S/c1-13(2,3)12-11(20-19-18-12)10(17-16)9-7(14)5-4-6-8(9)15/h4-6,10,17H,16H2,1-3H3. The monoisotopic (exact) mass is 298 g/mol. The average Bonchev–Trinajstić information content (AvgIpc) is 2.82. The first-order valence-electron chi connectivity index (χ1n) is 6.09. The molecular formula is C13H16F2N4S. The summed E-state index contributed by atoms with van der Waals surface area (Å²) in [4.78, 5) is 0.615. The summed E-state index contributed by atoms with van der Waals surface area (Å²) in [6.07, 6.45) is 0. The zero-order valence-corrected chi connectivity index (χ0v) is 12.3. The molecule has 0 spiro atoms. The second kappa shape index (κ2) is 5.51. The largest absolute Gasteiger partial charge is 0.271 e. The molecule has 0 radical (unpaired) electrons. The van der Waals surface area contributed by atoms with Crippen LogP contribution in [0.2, 0.25) is 0 Å². The van der Waals surface area contributed by atoms with E-state index in [0.717, 1.165) is 11.5 Å². The summed E-state index contributed by atoms with van der Waals surface area (Å²) in [5.41, 5.74) is 2.73. The van der Waals surface area contributed by atoms with Crippen molar-refractivity contribution < 1.29 is 8.78 Å². The van der Waals surface area contributed by atoms with Crippen molar-refractivity contribution in [2.75, 3.05) is 0 Å². The van der Waals surface area contributed by atoms with E-state index in [2.05, 4.69) is 15.0 Å². The molecule has 0 saturated carbocycles. The van der Waals surface area contributed by atoms with Crippen molar-refractivity contribution in [3.63, 3.8) is 0 Å². The van der Waals surface area contributed by atoms with Gasteiger partial charge in [-0.25, -0.2) is 14.2 Å². The van der Waals surface area contributed by atoms with Gasteiger partial charge in [-0.3, -0.25) is 5.84 Å². The van der Waals surface area contributed by atoms with Gasteiger partial charge in [0, 0.05) is 11.0 Å². The molecule has 0 bridgehead atoms. The molecule has 0 aliphatic heterocycles. The Morgan fingerprint density at radius 1 is 1.25 bits per heavy atom. The SMILES string of the molecule is CC(C)(C)c1nnsc1C(NN)c1c(F)cccc1F. The van der Waals surface area contributed by atoms with E-state index in [1.54, 1.807) is 0 Å². The van der Waals surface area contributed by atoms with Crippen LogP contribution in [-0.2, 0) is 5.41 Å². The molecule has 1 unspecified atom stereocenters. The number of nitrogens with two attached hydrogens (primary N) is 1. The molecule has 2 rings (SSSR count). The molecule has 2 aromatic rings. The van der Waals surface area contributed by atoms with Crippen LogP contribution in [0.3, 0.4) is 0 Å². The van der Waals surface area contributed by atoms with Crippen LogP contribution in [0.25, 0.3) is 0 Å². The van der Waals surface area contributed by atoms with Crippen LogP contribution in [0.15, 0.2) is 18.2 Å². The van der Waals surface area contributed by atoms with Crippen molar-refractivity contribution in [2.24, 2.45) is 5.84 Å². The molecule has 0 fully saturated rings. The van der Waals surface area contributed by atoms with Crippen LogP contribution in [0.1, 0.15) is 42.9 Å². The lowest BCUT2D eigenvalue weighted by Crippen LogP contribution is -2.31. The molecule has 1 atom stereocenters. The summed E-state index contributed by atoms with van der Waals surface area (Å²) < 4.78 is 31.8. The zero-order chi connectivity index (χ0) is 14.9. The maximum Gasteiger partial charge on any atom is 0.131 e. The van der Waals surface area contributed by atoms with Crippen LogP contribution in [-0.4, -0.2) is 9.59 Å². The number of nitrogens with zero attached hydrogens (tertiary/aromatic N) is 2. The second-order valence-electron chi connectivity index (χ2n) is 5.47. The molecule has 1 aromatic heterocycles. The Morgan fingerprint density at radius 3 is 2.35 bits per heavy atom. The lowest BCUT2D eigenvalue weighted by atomic mass is 9.89. The van der Waals surface area contributed by atoms with Crippen LogP contribution in [0.4, 0.5) is 8.78 Å². The van der Waals surface area contributed by atoms with E-state index < -0.39 is 17.7 Å². The van der Waals surface area contributed by atoms with E-state index in [4.69, 9.17) is 5.84 Å². The van der Waals surface area contributed by atoms with E-state index in [0.29, 0.717) is 10.6 Å². The summed E-state index contributed by atoms with van der Waals surface area (Å²) >= 11 is 1.08. The molecule has 20 heavy (non-hydrogen) atoms. The van der Waals surface area contributed by atoms with E-state index in [1.807, 2.05) is 20.8 Å². The first kappa shape index (κ1) is 15.0. The highest BCUT2D eigenvalue weighted by atomic mass is 32.1. The quantitative estimate of drug-likeness (QED) is 0.675. The molecule has 0 aliphatic rings. The Morgan fingerprint density at radius 2 is 1.85 bits per heavy atom. The fourth-order valence-electron chi connectivity index (χ4n) is 1.98. The fraction of sp³-hybridized carbons (Fsp3) is 0.385. The minimum absolute atomic E-state index is 0.119. The van der Waals surface area contributed by atoms with Gasteiger partial charge in [-0.1, -0.05) is 31.3 Å². The fourth-order valence-corrected chi connectivity index (χ4v) is 2.92. The van der Waals surface area contributed by atoms with Crippen LogP contribution < -0.4 is 11.3 Å². The maximum absolute atomic E-state index is 13.9. The Balaban J connectivity index is 2.57. The smallest absolute Gasteiger partial charge is 0.131 e. The van der Waals surface area contributed by atoms with Gasteiger partial charge < -0.3 is 0 Å². The number of halogens is 2. The van der Waals surface area contributed by atoms with E-state index in [1.165, 1.54) is 18.2 Å². The van der Waals surface area contributed by atoms with Crippen molar-refractivity contribution in [1.29, 1.82) is 0 Å². The minimum atomic E-state index is -0.814. The molecule has 4 nitrogen and oxygen atoms in total. The summed E-state index contributed by atoms with van der Waals surface area (Å²) in [6.45, 7) is 5.87. The van der Waals surface area contributed by atoms with Gasteiger partial charge in [-0.15, -0.1) is 5.10 Å². The zero-order valence-electron chi connectivity index (χ0n) is 11.4. The van der Waals surface area contributed by atoms with Gasteiger partial charge in [0.2, 0.25) is 0 Å². The van der Waals surface area contributed by atoms with E-state index in [9.17, 15) is 8.78 Å². The maximum atomic E-state index is 13.9. The van der Waals surface area contributed by atoms with Crippen molar-refractivity contribution in [3.05, 3.63) is 46.0 Å². The topological polar surface area (TPSA) is 63.8 Å².